The molecule has 3 nitrogen and oxygen atoms in total. The third-order valence-corrected chi connectivity index (χ3v) is 3.42. The van der Waals surface area contributed by atoms with Crippen molar-refractivity contribution in [2.75, 3.05) is 18.4 Å². The van der Waals surface area contributed by atoms with Crippen LogP contribution in [-0.4, -0.2) is 19.0 Å². The maximum absolute atomic E-state index is 12.1. The first-order valence-corrected chi connectivity index (χ1v) is 5.60. The molecule has 1 unspecified atom stereocenters. The van der Waals surface area contributed by atoms with Gasteiger partial charge in [-0.3, -0.25) is 4.79 Å². The molecule has 16 heavy (non-hydrogen) atoms. The SMILES string of the molecule is O=C1Nc2ccc(Cl)cc2C12C=CCNC2. The van der Waals surface area contributed by atoms with Gasteiger partial charge in [-0.15, -0.1) is 0 Å². The normalized spacial score (nSPS) is 26.9. The Morgan fingerprint density at radius 3 is 3.00 bits per heavy atom. The number of fused-ring (bicyclic) bond motifs is 2. The zero-order chi connectivity index (χ0) is 11.2. The van der Waals surface area contributed by atoms with Gasteiger partial charge in [-0.2, -0.15) is 0 Å². The molecule has 1 aromatic carbocycles. The van der Waals surface area contributed by atoms with Gasteiger partial charge in [0, 0.05) is 23.8 Å². The Labute approximate surface area is 98.5 Å². The molecule has 2 aliphatic heterocycles. The predicted molar refractivity (Wildman–Crippen MR) is 63.8 cm³/mol. The minimum Gasteiger partial charge on any atom is -0.325 e. The average Bonchev–Trinajstić information content (AvgIpc) is 2.55. The van der Waals surface area contributed by atoms with E-state index in [4.69, 9.17) is 11.6 Å². The van der Waals surface area contributed by atoms with Crippen molar-refractivity contribution in [1.82, 2.24) is 5.32 Å². The van der Waals surface area contributed by atoms with Crippen LogP contribution in [0.1, 0.15) is 5.56 Å². The van der Waals surface area contributed by atoms with E-state index in [1.165, 1.54) is 0 Å². The first kappa shape index (κ1) is 9.87. The van der Waals surface area contributed by atoms with Gasteiger partial charge in [-0.05, 0) is 23.8 Å². The number of halogens is 1. The summed E-state index contributed by atoms with van der Waals surface area (Å²) < 4.78 is 0. The fraction of sp³-hybridized carbons (Fsp3) is 0.250. The molecule has 0 radical (unpaired) electrons. The van der Waals surface area contributed by atoms with Crippen molar-refractivity contribution in [2.24, 2.45) is 0 Å². The summed E-state index contributed by atoms with van der Waals surface area (Å²) in [6, 6.07) is 5.51. The number of hydrogen-bond acceptors (Lipinski definition) is 2. The topological polar surface area (TPSA) is 41.1 Å². The van der Waals surface area contributed by atoms with E-state index in [1.54, 1.807) is 6.07 Å². The predicted octanol–water partition coefficient (Wildman–Crippen LogP) is 1.69. The summed E-state index contributed by atoms with van der Waals surface area (Å²) >= 11 is 5.99. The molecule has 2 aliphatic rings. The number of benzene rings is 1. The maximum Gasteiger partial charge on any atom is 0.240 e. The van der Waals surface area contributed by atoms with Gasteiger partial charge >= 0.3 is 0 Å². The Morgan fingerprint density at radius 1 is 1.38 bits per heavy atom. The molecule has 0 aromatic heterocycles. The second kappa shape index (κ2) is 3.34. The highest BCUT2D eigenvalue weighted by Gasteiger charge is 2.45. The number of nitrogens with one attached hydrogen (secondary N) is 2. The van der Waals surface area contributed by atoms with Crippen molar-refractivity contribution in [1.29, 1.82) is 0 Å². The summed E-state index contributed by atoms with van der Waals surface area (Å²) in [6.07, 6.45) is 3.96. The van der Waals surface area contributed by atoms with Crippen LogP contribution >= 0.6 is 11.6 Å². The Bertz CT molecular complexity index is 498. The van der Waals surface area contributed by atoms with Gasteiger partial charge < -0.3 is 10.6 Å². The van der Waals surface area contributed by atoms with Gasteiger partial charge in [0.2, 0.25) is 5.91 Å². The molecule has 2 heterocycles. The van der Waals surface area contributed by atoms with Gasteiger partial charge in [0.15, 0.2) is 0 Å². The van der Waals surface area contributed by atoms with Gasteiger partial charge in [0.1, 0.15) is 5.41 Å². The van der Waals surface area contributed by atoms with Crippen molar-refractivity contribution in [3.8, 4) is 0 Å². The first-order chi connectivity index (χ1) is 7.72. The third-order valence-electron chi connectivity index (χ3n) is 3.18. The van der Waals surface area contributed by atoms with Crippen LogP contribution in [0.4, 0.5) is 5.69 Å². The van der Waals surface area contributed by atoms with E-state index in [-0.39, 0.29) is 5.91 Å². The van der Waals surface area contributed by atoms with E-state index in [0.717, 1.165) is 17.8 Å². The number of amides is 1. The lowest BCUT2D eigenvalue weighted by molar-refractivity contribution is -0.119. The van der Waals surface area contributed by atoms with Crippen LogP contribution in [0.3, 0.4) is 0 Å². The largest absolute Gasteiger partial charge is 0.325 e. The molecule has 1 aromatic rings. The minimum atomic E-state index is -0.571. The van der Waals surface area contributed by atoms with Crippen molar-refractivity contribution >= 4 is 23.2 Å². The Kier molecular flexibility index (Phi) is 2.06. The van der Waals surface area contributed by atoms with Gasteiger partial charge in [0.05, 0.1) is 0 Å². The van der Waals surface area contributed by atoms with Crippen molar-refractivity contribution in [2.45, 2.75) is 5.41 Å². The second-order valence-corrected chi connectivity index (χ2v) is 4.59. The van der Waals surface area contributed by atoms with E-state index in [1.807, 2.05) is 24.3 Å². The first-order valence-electron chi connectivity index (χ1n) is 5.22. The summed E-state index contributed by atoms with van der Waals surface area (Å²) in [7, 11) is 0. The van der Waals surface area contributed by atoms with Gasteiger partial charge in [-0.1, -0.05) is 23.8 Å². The van der Waals surface area contributed by atoms with E-state index >= 15 is 0 Å². The van der Waals surface area contributed by atoms with Crippen molar-refractivity contribution < 1.29 is 4.79 Å². The number of rotatable bonds is 0. The summed E-state index contributed by atoms with van der Waals surface area (Å²) in [5, 5.41) is 6.77. The zero-order valence-electron chi connectivity index (χ0n) is 8.59. The molecule has 0 fully saturated rings. The van der Waals surface area contributed by atoms with Crippen LogP contribution in [0.5, 0.6) is 0 Å². The number of hydrogen-bond donors (Lipinski definition) is 2. The number of carbonyl (C=O) groups excluding carboxylic acids is 1. The lowest BCUT2D eigenvalue weighted by Gasteiger charge is -2.27. The third kappa shape index (κ3) is 1.22. The Morgan fingerprint density at radius 2 is 2.25 bits per heavy atom. The van der Waals surface area contributed by atoms with E-state index in [0.29, 0.717) is 11.6 Å². The molecule has 3 rings (SSSR count). The van der Waals surface area contributed by atoms with E-state index in [9.17, 15) is 4.79 Å². The highest BCUT2D eigenvalue weighted by molar-refractivity contribution is 6.31. The lowest BCUT2D eigenvalue weighted by atomic mass is 9.80. The maximum atomic E-state index is 12.1. The second-order valence-electron chi connectivity index (χ2n) is 4.15. The molecular formula is C12H11ClN2O. The molecule has 1 atom stereocenters. The number of carbonyl (C=O) groups is 1. The summed E-state index contributed by atoms with van der Waals surface area (Å²) in [5.74, 6) is 0.0215. The smallest absolute Gasteiger partial charge is 0.240 e. The van der Waals surface area contributed by atoms with Crippen LogP contribution in [0.15, 0.2) is 30.4 Å². The van der Waals surface area contributed by atoms with Crippen molar-refractivity contribution in [3.05, 3.63) is 40.9 Å². The van der Waals surface area contributed by atoms with Crippen LogP contribution in [-0.2, 0) is 10.2 Å². The molecule has 0 saturated carbocycles. The monoisotopic (exact) mass is 234 g/mol. The molecule has 1 amide bonds. The summed E-state index contributed by atoms with van der Waals surface area (Å²) in [4.78, 5) is 12.1. The highest BCUT2D eigenvalue weighted by Crippen LogP contribution is 2.40. The highest BCUT2D eigenvalue weighted by atomic mass is 35.5. The fourth-order valence-electron chi connectivity index (χ4n) is 2.36. The van der Waals surface area contributed by atoms with Crippen LogP contribution < -0.4 is 10.6 Å². The van der Waals surface area contributed by atoms with Crippen molar-refractivity contribution in [3.63, 3.8) is 0 Å². The molecule has 2 N–H and O–H groups in total. The molecule has 0 aliphatic carbocycles. The quantitative estimate of drug-likeness (QED) is 0.671. The number of anilines is 1. The minimum absolute atomic E-state index is 0.0215. The summed E-state index contributed by atoms with van der Waals surface area (Å²) in [6.45, 7) is 1.44. The van der Waals surface area contributed by atoms with E-state index in [2.05, 4.69) is 10.6 Å². The average molecular weight is 235 g/mol. The standard InChI is InChI=1S/C12H11ClN2O/c13-8-2-3-10-9(6-8)12(11(16)15-10)4-1-5-14-7-12/h1-4,6,14H,5,7H2,(H,15,16). The van der Waals surface area contributed by atoms with Crippen LogP contribution in [0.2, 0.25) is 5.02 Å². The Hall–Kier alpha value is -1.32. The van der Waals surface area contributed by atoms with Crippen LogP contribution in [0, 0.1) is 0 Å². The fourth-order valence-corrected chi connectivity index (χ4v) is 2.54. The molecule has 82 valence electrons. The zero-order valence-corrected chi connectivity index (χ0v) is 9.34. The van der Waals surface area contributed by atoms with Gasteiger partial charge in [0.25, 0.3) is 0 Å². The lowest BCUT2D eigenvalue weighted by Crippen LogP contribution is -2.45. The molecular weight excluding hydrogens is 224 g/mol. The molecule has 1 spiro atoms. The van der Waals surface area contributed by atoms with E-state index < -0.39 is 5.41 Å². The summed E-state index contributed by atoms with van der Waals surface area (Å²) in [5.41, 5.74) is 1.26. The van der Waals surface area contributed by atoms with Gasteiger partial charge in [-0.25, -0.2) is 0 Å². The Balaban J connectivity index is 2.21. The van der Waals surface area contributed by atoms with Crippen LogP contribution in [0.25, 0.3) is 0 Å². The molecule has 4 heteroatoms. The molecule has 0 saturated heterocycles. The molecule has 0 bridgehead atoms.